The fourth-order valence-corrected chi connectivity index (χ4v) is 5.47. The number of ether oxygens (including phenoxy) is 1. The van der Waals surface area contributed by atoms with Gasteiger partial charge >= 0.3 is 0 Å². The second kappa shape index (κ2) is 11.1. The van der Waals surface area contributed by atoms with Crippen LogP contribution in [-0.4, -0.2) is 73.1 Å². The molecule has 0 amide bonds. The molecule has 0 unspecified atom stereocenters. The van der Waals surface area contributed by atoms with Gasteiger partial charge in [0.1, 0.15) is 28.9 Å². The number of nitrogens with one attached hydrogen (secondary N) is 2. The second-order valence-corrected chi connectivity index (χ2v) is 10.8. The fourth-order valence-electron chi connectivity index (χ4n) is 5.47. The van der Waals surface area contributed by atoms with Gasteiger partial charge in [-0.1, -0.05) is 0 Å². The maximum Gasteiger partial charge on any atom is 0.294 e. The van der Waals surface area contributed by atoms with Gasteiger partial charge in [-0.2, -0.15) is 10.2 Å². The number of rotatable bonds is 11. The van der Waals surface area contributed by atoms with E-state index in [0.29, 0.717) is 74.6 Å². The molecule has 39 heavy (non-hydrogen) atoms. The highest BCUT2D eigenvalue weighted by molar-refractivity contribution is 5.77. The number of nitriles is 1. The summed E-state index contributed by atoms with van der Waals surface area (Å²) in [5.41, 5.74) is -0.513. The summed E-state index contributed by atoms with van der Waals surface area (Å²) in [5.74, 6) is 0.772. The largest absolute Gasteiger partial charge is 0.494 e. The van der Waals surface area contributed by atoms with Gasteiger partial charge in [0.05, 0.1) is 23.9 Å². The van der Waals surface area contributed by atoms with E-state index >= 15 is 0 Å². The number of methoxy groups -OCH3 is 1. The summed E-state index contributed by atoms with van der Waals surface area (Å²) in [4.78, 5) is 24.0. The van der Waals surface area contributed by atoms with Crippen LogP contribution in [0.25, 0.3) is 0 Å². The van der Waals surface area contributed by atoms with Gasteiger partial charge in [0, 0.05) is 43.2 Å². The molecule has 0 saturated heterocycles. The maximum absolute atomic E-state index is 13.7. The van der Waals surface area contributed by atoms with Crippen LogP contribution in [0.3, 0.4) is 0 Å². The molecule has 0 atom stereocenters. The average molecular weight is 545 g/mol. The Morgan fingerprint density at radius 3 is 2.38 bits per heavy atom. The molecule has 3 fully saturated rings. The number of nitrogens with zero attached hydrogens (tertiary/aromatic N) is 6. The highest BCUT2D eigenvalue weighted by Gasteiger charge is 2.53. The first-order chi connectivity index (χ1) is 18.5. The Bertz CT molecular complexity index is 1240. The predicted octanol–water partition coefficient (Wildman–Crippen LogP) is 4.78. The highest BCUT2D eigenvalue weighted by Crippen LogP contribution is 2.56. The molecule has 2 N–H and O–H groups in total. The van der Waals surface area contributed by atoms with Gasteiger partial charge < -0.3 is 25.2 Å². The average Bonchev–Trinajstić information content (AvgIpc) is 2.92. The van der Waals surface area contributed by atoms with Crippen LogP contribution < -0.4 is 20.3 Å². The number of likely N-dealkylation sites (N-methyl/N-ethyl adjacent to an activating group) is 2. The van der Waals surface area contributed by atoms with Crippen molar-refractivity contribution in [2.45, 2.75) is 50.5 Å². The smallest absolute Gasteiger partial charge is 0.294 e. The number of halogens is 2. The van der Waals surface area contributed by atoms with Crippen LogP contribution in [0.1, 0.15) is 44.1 Å². The molecule has 3 aliphatic carbocycles. The normalized spacial score (nSPS) is 22.0. The number of fused-ring (bicyclic) bond motifs is 3. The Morgan fingerprint density at radius 2 is 1.85 bits per heavy atom. The molecule has 0 spiro atoms. The van der Waals surface area contributed by atoms with Gasteiger partial charge in [-0.15, -0.1) is 0 Å². The van der Waals surface area contributed by atoms with E-state index in [4.69, 9.17) is 4.74 Å². The molecular weight excluding hydrogens is 510 g/mol. The lowest BCUT2D eigenvalue weighted by molar-refractivity contribution is -0.384. The number of hydrogen-bond acceptors (Lipinski definition) is 10. The van der Waals surface area contributed by atoms with Gasteiger partial charge in [0.15, 0.2) is 0 Å². The number of nitro groups is 1. The molecule has 0 radical (unpaired) electrons. The predicted molar refractivity (Wildman–Crippen MR) is 144 cm³/mol. The number of alkyl halides is 2. The van der Waals surface area contributed by atoms with E-state index in [2.05, 4.69) is 26.7 Å². The van der Waals surface area contributed by atoms with Crippen molar-refractivity contribution < 1.29 is 18.4 Å². The zero-order chi connectivity index (χ0) is 28.4. The van der Waals surface area contributed by atoms with Crippen LogP contribution >= 0.6 is 0 Å². The third-order valence-corrected chi connectivity index (χ3v) is 8.09. The Balaban J connectivity index is 1.60. The summed E-state index contributed by atoms with van der Waals surface area (Å²) in [6.07, 6.45) is 2.00. The molecule has 11 nitrogen and oxygen atoms in total. The highest BCUT2D eigenvalue weighted by atomic mass is 19.3. The minimum atomic E-state index is -2.33. The van der Waals surface area contributed by atoms with Gasteiger partial charge in [0.25, 0.3) is 5.69 Å². The molecule has 1 aromatic heterocycles. The van der Waals surface area contributed by atoms with Crippen molar-refractivity contribution in [1.29, 1.82) is 5.26 Å². The van der Waals surface area contributed by atoms with Crippen molar-refractivity contribution >= 4 is 28.8 Å². The van der Waals surface area contributed by atoms with Crippen molar-refractivity contribution in [3.05, 3.63) is 34.0 Å². The summed E-state index contributed by atoms with van der Waals surface area (Å²) in [5, 5.41) is 28.0. The van der Waals surface area contributed by atoms with Crippen molar-refractivity contribution in [3.63, 3.8) is 0 Å². The number of nitro benzene ring substituents is 1. The van der Waals surface area contributed by atoms with Crippen LogP contribution in [0.2, 0.25) is 0 Å². The molecular formula is C26H34F2N8O3. The Kier molecular flexibility index (Phi) is 8.06. The molecule has 0 aliphatic heterocycles. The van der Waals surface area contributed by atoms with Crippen molar-refractivity contribution in [1.82, 2.24) is 14.9 Å². The van der Waals surface area contributed by atoms with Gasteiger partial charge in [-0.3, -0.25) is 10.1 Å². The minimum Gasteiger partial charge on any atom is -0.494 e. The third-order valence-electron chi connectivity index (χ3n) is 8.09. The van der Waals surface area contributed by atoms with Crippen LogP contribution in [0, 0.1) is 26.9 Å². The first-order valence-electron chi connectivity index (χ1n) is 12.8. The first kappa shape index (κ1) is 28.2. The monoisotopic (exact) mass is 544 g/mol. The topological polar surface area (TPSA) is 132 Å². The van der Waals surface area contributed by atoms with Crippen LogP contribution in [0.4, 0.5) is 37.6 Å². The lowest BCUT2D eigenvalue weighted by Gasteiger charge is -2.53. The molecule has 3 saturated carbocycles. The Hall–Kier alpha value is -3.79. The van der Waals surface area contributed by atoms with E-state index in [1.54, 1.807) is 18.0 Å². The van der Waals surface area contributed by atoms with Gasteiger partial charge in [0.2, 0.25) is 12.4 Å². The molecule has 210 valence electrons. The van der Waals surface area contributed by atoms with E-state index in [-0.39, 0.29) is 17.2 Å². The van der Waals surface area contributed by atoms with Gasteiger partial charge in [-0.05, 0) is 52.6 Å². The SMILES string of the molecule is COc1cc(N(C)CCN(C)C)c([N+](=O)[O-])cc1Nc1ncc(C#N)c(NC23CCC(C(F)F)(CC2)CC3)n1. The lowest BCUT2D eigenvalue weighted by Crippen LogP contribution is -2.53. The van der Waals surface area contributed by atoms with Crippen LogP contribution in [0.15, 0.2) is 18.3 Å². The van der Waals surface area contributed by atoms with E-state index < -0.39 is 22.3 Å². The number of anilines is 4. The minimum absolute atomic E-state index is 0.114. The lowest BCUT2D eigenvalue weighted by atomic mass is 9.57. The van der Waals surface area contributed by atoms with Crippen molar-refractivity contribution in [3.8, 4) is 11.8 Å². The summed E-state index contributed by atoms with van der Waals surface area (Å²) >= 11 is 0. The Morgan fingerprint density at radius 1 is 1.18 bits per heavy atom. The van der Waals surface area contributed by atoms with Crippen LogP contribution in [-0.2, 0) is 0 Å². The molecule has 5 rings (SSSR count). The third kappa shape index (κ3) is 5.80. The zero-order valence-electron chi connectivity index (χ0n) is 22.6. The molecule has 2 aromatic rings. The fraction of sp³-hybridized carbons (Fsp3) is 0.577. The summed E-state index contributed by atoms with van der Waals surface area (Å²) < 4.78 is 32.8. The summed E-state index contributed by atoms with van der Waals surface area (Å²) in [6.45, 7) is 1.27. The first-order valence-corrected chi connectivity index (χ1v) is 12.8. The number of hydrogen-bond donors (Lipinski definition) is 2. The number of benzene rings is 1. The van der Waals surface area contributed by atoms with E-state index in [0.717, 1.165) is 0 Å². The Labute approximate surface area is 226 Å². The zero-order valence-corrected chi connectivity index (χ0v) is 22.6. The van der Waals surface area contributed by atoms with E-state index in [1.807, 2.05) is 19.0 Å². The van der Waals surface area contributed by atoms with E-state index in [9.17, 15) is 24.2 Å². The molecule has 2 bridgehead atoms. The number of aromatic nitrogens is 2. The summed E-state index contributed by atoms with van der Waals surface area (Å²) in [7, 11) is 7.10. The summed E-state index contributed by atoms with van der Waals surface area (Å²) in [6, 6.07) is 5.05. The molecule has 13 heteroatoms. The maximum atomic E-state index is 13.7. The second-order valence-electron chi connectivity index (χ2n) is 10.8. The van der Waals surface area contributed by atoms with Crippen LogP contribution in [0.5, 0.6) is 5.75 Å². The standard InChI is InChI=1S/C26H34F2N8O3/c1-34(2)11-12-35(3)19-14-21(39-4)18(13-20(19)36(37)38)31-24-30-16-17(15-29)22(32-24)33-26-8-5-25(6-9-26,7-10-26)23(27)28/h13-14,16,23H,5-12H2,1-4H3,(H2,30,31,32,33). The molecule has 1 heterocycles. The molecule has 1 aromatic carbocycles. The van der Waals surface area contributed by atoms with E-state index in [1.165, 1.54) is 19.4 Å². The quantitative estimate of drug-likeness (QED) is 0.301. The van der Waals surface area contributed by atoms with Crippen molar-refractivity contribution in [2.75, 3.05) is 56.9 Å². The van der Waals surface area contributed by atoms with Crippen molar-refractivity contribution in [2.24, 2.45) is 5.41 Å². The molecule has 3 aliphatic rings. The van der Waals surface area contributed by atoms with Gasteiger partial charge in [-0.25, -0.2) is 13.8 Å².